The molecule has 1 radical (unpaired) electrons. The minimum absolute atomic E-state index is 0. The van der Waals surface area contributed by atoms with Crippen molar-refractivity contribution in [3.63, 3.8) is 0 Å². The zero-order chi connectivity index (χ0) is 26.2. The number of imidazole rings is 2. The molecule has 0 atom stereocenters. The molecule has 0 fully saturated rings. The van der Waals surface area contributed by atoms with Gasteiger partial charge in [-0.2, -0.15) is 0 Å². The standard InChI is InChI=1S/C31H37N5O2.3ClH.Fe/c1-3-5-20-37-22-18-35-28-16-9-7-12-24(28)33-30(35)26-14-11-15-27(32-26)31-34-25-13-8-10-17-29(25)36(31)19-23-38-21-6-4-2;;;;/h7-17H,3-6,18-23H2,1-2H3;3*1H;/q;;;;+3/p-3. The van der Waals surface area contributed by atoms with Gasteiger partial charge in [0.25, 0.3) is 0 Å². The normalized spacial score (nSPS) is 10.5. The van der Waals surface area contributed by atoms with Crippen molar-refractivity contribution in [2.45, 2.75) is 52.6 Å². The topological polar surface area (TPSA) is 67.0 Å². The van der Waals surface area contributed by atoms with Crippen molar-refractivity contribution < 1.29 is 63.8 Å². The Morgan fingerprint density at radius 2 is 0.976 bits per heavy atom. The second kappa shape index (κ2) is 19.2. The van der Waals surface area contributed by atoms with Gasteiger partial charge in [0, 0.05) is 26.3 Å². The molecule has 0 spiro atoms. The van der Waals surface area contributed by atoms with E-state index in [4.69, 9.17) is 24.4 Å². The van der Waals surface area contributed by atoms with Gasteiger partial charge in [0.05, 0.1) is 35.3 Å². The molecule has 3 heterocycles. The van der Waals surface area contributed by atoms with Gasteiger partial charge >= 0.3 is 17.1 Å². The van der Waals surface area contributed by atoms with Gasteiger partial charge in [0.15, 0.2) is 11.6 Å². The molecule has 5 aromatic rings. The largest absolute Gasteiger partial charge is 3.00 e. The van der Waals surface area contributed by atoms with E-state index in [-0.39, 0.29) is 54.3 Å². The molecular weight excluding hydrogens is 637 g/mol. The Kier molecular flexibility index (Phi) is 17.3. The Hall–Kier alpha value is -2.16. The summed E-state index contributed by atoms with van der Waals surface area (Å²) in [5.74, 6) is 1.69. The summed E-state index contributed by atoms with van der Waals surface area (Å²) in [6.45, 7) is 8.64. The minimum atomic E-state index is 0. The van der Waals surface area contributed by atoms with E-state index >= 15 is 0 Å². The van der Waals surface area contributed by atoms with Crippen LogP contribution in [0.15, 0.2) is 66.7 Å². The smallest absolute Gasteiger partial charge is 1.00 e. The third-order valence-corrected chi connectivity index (χ3v) is 6.72. The maximum Gasteiger partial charge on any atom is 3.00 e. The fourth-order valence-electron chi connectivity index (χ4n) is 4.69. The summed E-state index contributed by atoms with van der Waals surface area (Å²) < 4.78 is 16.2. The van der Waals surface area contributed by atoms with Crippen molar-refractivity contribution >= 4 is 22.1 Å². The summed E-state index contributed by atoms with van der Waals surface area (Å²) in [4.78, 5) is 15.0. The first-order valence-corrected chi connectivity index (χ1v) is 13.8. The molecule has 0 N–H and O–H groups in total. The molecule has 7 nitrogen and oxygen atoms in total. The van der Waals surface area contributed by atoms with Gasteiger partial charge in [-0.15, -0.1) is 0 Å². The van der Waals surface area contributed by atoms with Gasteiger partial charge in [-0.25, -0.2) is 15.0 Å². The molecule has 0 saturated heterocycles. The summed E-state index contributed by atoms with van der Waals surface area (Å²) in [7, 11) is 0. The zero-order valence-electron chi connectivity index (χ0n) is 24.0. The average Bonchev–Trinajstić information content (AvgIpc) is 3.52. The number of para-hydroxylation sites is 4. The van der Waals surface area contributed by atoms with Gasteiger partial charge in [-0.3, -0.25) is 0 Å². The fourth-order valence-corrected chi connectivity index (χ4v) is 4.69. The maximum absolute atomic E-state index is 5.90. The number of unbranched alkanes of at least 4 members (excludes halogenated alkanes) is 2. The molecule has 2 aromatic carbocycles. The van der Waals surface area contributed by atoms with E-state index in [0.29, 0.717) is 13.2 Å². The van der Waals surface area contributed by atoms with E-state index in [2.05, 4.69) is 59.4 Å². The zero-order valence-corrected chi connectivity index (χ0v) is 27.3. The number of hydrogen-bond donors (Lipinski definition) is 0. The minimum Gasteiger partial charge on any atom is -1.00 e. The predicted octanol–water partition coefficient (Wildman–Crippen LogP) is -2.24. The van der Waals surface area contributed by atoms with Crippen LogP contribution in [0.5, 0.6) is 0 Å². The van der Waals surface area contributed by atoms with Gasteiger partial charge in [0.1, 0.15) is 11.4 Å². The molecule has 0 bridgehead atoms. The number of halogens is 3. The van der Waals surface area contributed by atoms with Crippen molar-refractivity contribution in [3.8, 4) is 23.0 Å². The Balaban J connectivity index is 0.00000220. The predicted molar refractivity (Wildman–Crippen MR) is 153 cm³/mol. The fraction of sp³-hybridized carbons (Fsp3) is 0.387. The number of rotatable bonds is 14. The second-order valence-electron chi connectivity index (χ2n) is 9.49. The number of fused-ring (bicyclic) bond motifs is 2. The third-order valence-electron chi connectivity index (χ3n) is 6.72. The van der Waals surface area contributed by atoms with Crippen LogP contribution in [0.1, 0.15) is 39.5 Å². The van der Waals surface area contributed by atoms with E-state index in [1.807, 2.05) is 30.3 Å². The molecule has 227 valence electrons. The summed E-state index contributed by atoms with van der Waals surface area (Å²) >= 11 is 0. The molecule has 0 saturated carbocycles. The Morgan fingerprint density at radius 3 is 1.40 bits per heavy atom. The quantitative estimate of drug-likeness (QED) is 0.0987. The molecule has 0 aliphatic heterocycles. The summed E-state index contributed by atoms with van der Waals surface area (Å²) in [5.41, 5.74) is 5.74. The molecule has 42 heavy (non-hydrogen) atoms. The summed E-state index contributed by atoms with van der Waals surface area (Å²) in [6, 6.07) is 22.6. The number of nitrogens with zero attached hydrogens (tertiary/aromatic N) is 5. The van der Waals surface area contributed by atoms with Crippen molar-refractivity contribution in [1.82, 2.24) is 24.1 Å². The van der Waals surface area contributed by atoms with Crippen LogP contribution < -0.4 is 37.2 Å². The van der Waals surface area contributed by atoms with Gasteiger partial charge in [-0.05, 0) is 49.2 Å². The maximum atomic E-state index is 5.90. The summed E-state index contributed by atoms with van der Waals surface area (Å²) in [6.07, 6.45) is 4.41. The molecule has 11 heteroatoms. The van der Waals surface area contributed by atoms with E-state index in [0.717, 1.165) is 97.1 Å². The molecular formula is C31H37Cl3FeN5O2. The van der Waals surface area contributed by atoms with Gasteiger partial charge in [-0.1, -0.05) is 57.0 Å². The van der Waals surface area contributed by atoms with Crippen LogP contribution in [0.25, 0.3) is 45.1 Å². The molecule has 0 aliphatic carbocycles. The van der Waals surface area contributed by atoms with Crippen LogP contribution in [0.3, 0.4) is 0 Å². The van der Waals surface area contributed by atoms with Crippen molar-refractivity contribution in [3.05, 3.63) is 66.7 Å². The molecule has 0 unspecified atom stereocenters. The second-order valence-corrected chi connectivity index (χ2v) is 9.49. The van der Waals surface area contributed by atoms with Crippen LogP contribution in [-0.2, 0) is 39.6 Å². The SMILES string of the molecule is CCCCOCCn1c(-c2cccc(-c3nc4ccccc4n3CCOCCCC)n2)nc2ccccc21.[Cl-].[Cl-].[Cl-].[Fe+3]. The van der Waals surface area contributed by atoms with Crippen molar-refractivity contribution in [1.29, 1.82) is 0 Å². The van der Waals surface area contributed by atoms with E-state index in [1.54, 1.807) is 0 Å². The first kappa shape index (κ1) is 37.9. The van der Waals surface area contributed by atoms with Gasteiger partial charge < -0.3 is 55.8 Å². The molecule has 0 aliphatic rings. The Labute approximate surface area is 277 Å². The Morgan fingerprint density at radius 1 is 0.548 bits per heavy atom. The number of ether oxygens (including phenoxy) is 2. The van der Waals surface area contributed by atoms with E-state index in [1.165, 1.54) is 0 Å². The van der Waals surface area contributed by atoms with Crippen LogP contribution in [0.2, 0.25) is 0 Å². The van der Waals surface area contributed by atoms with Gasteiger partial charge in [0.2, 0.25) is 0 Å². The summed E-state index contributed by atoms with van der Waals surface area (Å²) in [5, 5.41) is 0. The van der Waals surface area contributed by atoms with Crippen molar-refractivity contribution in [2.24, 2.45) is 0 Å². The van der Waals surface area contributed by atoms with Crippen LogP contribution in [0, 0.1) is 0 Å². The van der Waals surface area contributed by atoms with E-state index in [9.17, 15) is 0 Å². The van der Waals surface area contributed by atoms with Crippen LogP contribution in [0.4, 0.5) is 0 Å². The van der Waals surface area contributed by atoms with Crippen LogP contribution in [-0.4, -0.2) is 50.5 Å². The molecule has 0 amide bonds. The molecule has 5 rings (SSSR count). The number of hydrogen-bond acceptors (Lipinski definition) is 5. The third kappa shape index (κ3) is 8.93. The number of aromatic nitrogens is 5. The monoisotopic (exact) mass is 672 g/mol. The number of benzene rings is 2. The number of pyridine rings is 1. The first-order valence-electron chi connectivity index (χ1n) is 13.8. The van der Waals surface area contributed by atoms with Crippen molar-refractivity contribution in [2.75, 3.05) is 26.4 Å². The average molecular weight is 674 g/mol. The Bertz CT molecular complexity index is 1390. The van der Waals surface area contributed by atoms with E-state index < -0.39 is 0 Å². The van der Waals surface area contributed by atoms with Crippen LogP contribution >= 0.6 is 0 Å². The first-order chi connectivity index (χ1) is 18.8. The molecule has 3 aromatic heterocycles.